The Labute approximate surface area is 123 Å². The minimum absolute atomic E-state index is 1.05. The standard InChI is InChI=1S/C20H15N/c1-14-11-12-19-18(13-14)16-9-5-6-10-17(16)20(21-19)15-7-3-2-4-8-15/h2-13H,1H3. The summed E-state index contributed by atoms with van der Waals surface area (Å²) < 4.78 is 0. The zero-order chi connectivity index (χ0) is 14.2. The van der Waals surface area contributed by atoms with Crippen molar-refractivity contribution in [3.8, 4) is 11.3 Å². The molecule has 0 aliphatic heterocycles. The first kappa shape index (κ1) is 12.1. The van der Waals surface area contributed by atoms with Crippen molar-refractivity contribution in [3.63, 3.8) is 0 Å². The monoisotopic (exact) mass is 269 g/mol. The minimum Gasteiger partial charge on any atom is -0.247 e. The van der Waals surface area contributed by atoms with Crippen LogP contribution in [-0.2, 0) is 0 Å². The van der Waals surface area contributed by atoms with Gasteiger partial charge in [0.25, 0.3) is 0 Å². The van der Waals surface area contributed by atoms with Crippen LogP contribution in [0.3, 0.4) is 0 Å². The number of aryl methyl sites for hydroxylation is 1. The van der Waals surface area contributed by atoms with Crippen molar-refractivity contribution in [3.05, 3.63) is 78.4 Å². The summed E-state index contributed by atoms with van der Waals surface area (Å²) in [5.74, 6) is 0. The van der Waals surface area contributed by atoms with Crippen LogP contribution in [0.1, 0.15) is 5.56 Å². The van der Waals surface area contributed by atoms with Crippen molar-refractivity contribution in [2.24, 2.45) is 0 Å². The fraction of sp³-hybridized carbons (Fsp3) is 0.0500. The molecule has 0 bridgehead atoms. The van der Waals surface area contributed by atoms with E-state index in [2.05, 4.69) is 73.7 Å². The van der Waals surface area contributed by atoms with Crippen LogP contribution in [0.2, 0.25) is 0 Å². The van der Waals surface area contributed by atoms with Gasteiger partial charge in [0.05, 0.1) is 11.2 Å². The van der Waals surface area contributed by atoms with Crippen LogP contribution in [0, 0.1) is 6.92 Å². The van der Waals surface area contributed by atoms with Gasteiger partial charge in [-0.15, -0.1) is 0 Å². The van der Waals surface area contributed by atoms with Crippen LogP contribution >= 0.6 is 0 Å². The molecule has 0 spiro atoms. The Balaban J connectivity index is 2.18. The smallest absolute Gasteiger partial charge is 0.0788 e. The summed E-state index contributed by atoms with van der Waals surface area (Å²) in [6, 6.07) is 25.4. The molecule has 21 heavy (non-hydrogen) atoms. The summed E-state index contributed by atoms with van der Waals surface area (Å²) >= 11 is 0. The van der Waals surface area contributed by atoms with Crippen molar-refractivity contribution in [2.75, 3.05) is 0 Å². The molecule has 1 heteroatoms. The van der Waals surface area contributed by atoms with Crippen LogP contribution in [0.5, 0.6) is 0 Å². The normalized spacial score (nSPS) is 11.1. The zero-order valence-electron chi connectivity index (χ0n) is 11.9. The van der Waals surface area contributed by atoms with Crippen molar-refractivity contribution in [1.29, 1.82) is 0 Å². The molecule has 0 saturated carbocycles. The third-order valence-corrected chi connectivity index (χ3v) is 3.90. The number of aromatic nitrogens is 1. The Morgan fingerprint density at radius 1 is 0.667 bits per heavy atom. The average molecular weight is 269 g/mol. The molecular weight excluding hydrogens is 254 g/mol. The van der Waals surface area contributed by atoms with E-state index in [1.165, 1.54) is 21.7 Å². The van der Waals surface area contributed by atoms with Crippen LogP contribution in [0.25, 0.3) is 32.9 Å². The molecule has 4 aromatic rings. The SMILES string of the molecule is Cc1ccc2nc(-c3ccccc3)c3ccccc3c2c1. The van der Waals surface area contributed by atoms with Gasteiger partial charge in [0, 0.05) is 16.3 Å². The van der Waals surface area contributed by atoms with Gasteiger partial charge in [0.2, 0.25) is 0 Å². The molecule has 0 unspecified atom stereocenters. The first-order valence-electron chi connectivity index (χ1n) is 7.17. The lowest BCUT2D eigenvalue weighted by atomic mass is 9.99. The van der Waals surface area contributed by atoms with Gasteiger partial charge in [-0.3, -0.25) is 0 Å². The lowest BCUT2D eigenvalue weighted by Gasteiger charge is -2.10. The van der Waals surface area contributed by atoms with Crippen LogP contribution in [0.4, 0.5) is 0 Å². The number of hydrogen-bond acceptors (Lipinski definition) is 1. The third-order valence-electron chi connectivity index (χ3n) is 3.90. The molecule has 1 nitrogen and oxygen atoms in total. The quantitative estimate of drug-likeness (QED) is 0.424. The van der Waals surface area contributed by atoms with Crippen LogP contribution in [0.15, 0.2) is 72.8 Å². The van der Waals surface area contributed by atoms with Crippen LogP contribution < -0.4 is 0 Å². The van der Waals surface area contributed by atoms with E-state index >= 15 is 0 Å². The van der Waals surface area contributed by atoms with Gasteiger partial charge in [0.1, 0.15) is 0 Å². The minimum atomic E-state index is 1.05. The largest absolute Gasteiger partial charge is 0.247 e. The molecule has 0 atom stereocenters. The number of hydrogen-bond donors (Lipinski definition) is 0. The predicted octanol–water partition coefficient (Wildman–Crippen LogP) is 5.36. The molecule has 0 aliphatic carbocycles. The van der Waals surface area contributed by atoms with E-state index in [4.69, 9.17) is 4.98 Å². The zero-order valence-corrected chi connectivity index (χ0v) is 11.9. The summed E-state index contributed by atoms with van der Waals surface area (Å²) in [4.78, 5) is 4.91. The Bertz CT molecular complexity index is 940. The number of nitrogens with zero attached hydrogens (tertiary/aromatic N) is 1. The van der Waals surface area contributed by atoms with E-state index in [1.54, 1.807) is 0 Å². The molecule has 1 aromatic heterocycles. The fourth-order valence-corrected chi connectivity index (χ4v) is 2.88. The molecule has 1 heterocycles. The molecule has 4 rings (SSSR count). The second-order valence-corrected chi connectivity index (χ2v) is 5.39. The number of benzene rings is 3. The second kappa shape index (κ2) is 4.71. The number of fused-ring (bicyclic) bond motifs is 3. The van der Waals surface area contributed by atoms with E-state index in [0.717, 1.165) is 16.8 Å². The summed E-state index contributed by atoms with van der Waals surface area (Å²) in [5.41, 5.74) is 4.54. The predicted molar refractivity (Wildman–Crippen MR) is 89.4 cm³/mol. The molecule has 0 amide bonds. The summed E-state index contributed by atoms with van der Waals surface area (Å²) in [5, 5.41) is 3.71. The fourth-order valence-electron chi connectivity index (χ4n) is 2.88. The van der Waals surface area contributed by atoms with E-state index in [-0.39, 0.29) is 0 Å². The first-order valence-corrected chi connectivity index (χ1v) is 7.17. The molecule has 100 valence electrons. The van der Waals surface area contributed by atoms with Gasteiger partial charge in [-0.1, -0.05) is 66.2 Å². The Kier molecular flexibility index (Phi) is 2.71. The lowest BCUT2D eigenvalue weighted by molar-refractivity contribution is 1.41. The Hall–Kier alpha value is -2.67. The highest BCUT2D eigenvalue weighted by molar-refractivity contribution is 6.10. The Morgan fingerprint density at radius 2 is 1.38 bits per heavy atom. The van der Waals surface area contributed by atoms with Gasteiger partial charge in [-0.2, -0.15) is 0 Å². The maximum absolute atomic E-state index is 4.91. The molecule has 0 aliphatic rings. The summed E-state index contributed by atoms with van der Waals surface area (Å²) in [7, 11) is 0. The molecule has 0 saturated heterocycles. The van der Waals surface area contributed by atoms with Gasteiger partial charge >= 0.3 is 0 Å². The number of rotatable bonds is 1. The first-order chi connectivity index (χ1) is 10.3. The highest BCUT2D eigenvalue weighted by Crippen LogP contribution is 2.32. The van der Waals surface area contributed by atoms with E-state index in [9.17, 15) is 0 Å². The maximum atomic E-state index is 4.91. The molecule has 3 aromatic carbocycles. The van der Waals surface area contributed by atoms with E-state index in [0.29, 0.717) is 0 Å². The topological polar surface area (TPSA) is 12.9 Å². The van der Waals surface area contributed by atoms with E-state index in [1.807, 2.05) is 6.07 Å². The number of pyridine rings is 1. The molecular formula is C20H15N. The molecule has 0 radical (unpaired) electrons. The highest BCUT2D eigenvalue weighted by Gasteiger charge is 2.09. The average Bonchev–Trinajstić information content (AvgIpc) is 2.55. The highest BCUT2D eigenvalue weighted by atomic mass is 14.7. The lowest BCUT2D eigenvalue weighted by Crippen LogP contribution is -1.89. The van der Waals surface area contributed by atoms with Gasteiger partial charge in [0.15, 0.2) is 0 Å². The van der Waals surface area contributed by atoms with Gasteiger partial charge in [-0.05, 0) is 24.4 Å². The molecule has 0 fully saturated rings. The van der Waals surface area contributed by atoms with Crippen molar-refractivity contribution >= 4 is 21.7 Å². The summed E-state index contributed by atoms with van der Waals surface area (Å²) in [6.07, 6.45) is 0. The third kappa shape index (κ3) is 1.98. The van der Waals surface area contributed by atoms with Crippen molar-refractivity contribution < 1.29 is 0 Å². The molecule has 0 N–H and O–H groups in total. The second-order valence-electron chi connectivity index (χ2n) is 5.39. The van der Waals surface area contributed by atoms with E-state index < -0.39 is 0 Å². The Morgan fingerprint density at radius 3 is 2.19 bits per heavy atom. The van der Waals surface area contributed by atoms with Gasteiger partial charge in [-0.25, -0.2) is 4.98 Å². The maximum Gasteiger partial charge on any atom is 0.0788 e. The summed E-state index contributed by atoms with van der Waals surface area (Å²) in [6.45, 7) is 2.12. The van der Waals surface area contributed by atoms with Gasteiger partial charge < -0.3 is 0 Å². The van der Waals surface area contributed by atoms with Crippen molar-refractivity contribution in [2.45, 2.75) is 6.92 Å². The van der Waals surface area contributed by atoms with Crippen LogP contribution in [-0.4, -0.2) is 4.98 Å². The van der Waals surface area contributed by atoms with Crippen molar-refractivity contribution in [1.82, 2.24) is 4.98 Å².